The van der Waals surface area contributed by atoms with E-state index in [0.717, 1.165) is 11.8 Å². The molecule has 2 unspecified atom stereocenters. The van der Waals surface area contributed by atoms with Gasteiger partial charge in [-0.3, -0.25) is 4.79 Å². The van der Waals surface area contributed by atoms with Crippen LogP contribution in [-0.4, -0.2) is 66.3 Å². The first kappa shape index (κ1) is 19.3. The van der Waals surface area contributed by atoms with Crippen molar-refractivity contribution in [2.75, 3.05) is 33.9 Å². The molecule has 8 heteroatoms. The van der Waals surface area contributed by atoms with Crippen LogP contribution in [0.1, 0.15) is 13.3 Å². The number of carbonyl (C=O) groups is 1. The maximum absolute atomic E-state index is 12.5. The van der Waals surface area contributed by atoms with Crippen molar-refractivity contribution in [3.63, 3.8) is 0 Å². The minimum Gasteiger partial charge on any atom is -0.378 e. The van der Waals surface area contributed by atoms with E-state index in [1.165, 1.54) is 4.68 Å². The second-order valence-electron chi connectivity index (χ2n) is 7.12. The van der Waals surface area contributed by atoms with Crippen molar-refractivity contribution in [2.45, 2.75) is 31.5 Å². The Morgan fingerprint density at radius 2 is 2.26 bits per heavy atom. The van der Waals surface area contributed by atoms with Crippen LogP contribution in [0.15, 0.2) is 35.3 Å². The molecule has 1 aliphatic heterocycles. The quantitative estimate of drug-likeness (QED) is 0.822. The molecule has 0 radical (unpaired) electrons. The molecule has 0 aliphatic carbocycles. The number of hydrogen-bond acceptors (Lipinski definition) is 5. The molecular formula is C19H26N4O4. The molecule has 2 atom stereocenters. The molecule has 3 rings (SSSR count). The molecule has 2 amide bonds. The molecular weight excluding hydrogens is 348 g/mol. The van der Waals surface area contributed by atoms with Gasteiger partial charge in [0.2, 0.25) is 0 Å². The highest BCUT2D eigenvalue weighted by Crippen LogP contribution is 2.23. The average molecular weight is 374 g/mol. The Bertz CT molecular complexity index is 860. The number of urea groups is 1. The summed E-state index contributed by atoms with van der Waals surface area (Å²) < 4.78 is 12.4. The minimum atomic E-state index is -0.452. The molecule has 2 aromatic rings. The van der Waals surface area contributed by atoms with E-state index in [-0.39, 0.29) is 17.6 Å². The molecule has 1 aromatic carbocycles. The van der Waals surface area contributed by atoms with E-state index in [0.29, 0.717) is 31.7 Å². The van der Waals surface area contributed by atoms with Crippen LogP contribution < -0.4 is 10.9 Å². The third-order valence-corrected chi connectivity index (χ3v) is 4.95. The van der Waals surface area contributed by atoms with E-state index >= 15 is 0 Å². The van der Waals surface area contributed by atoms with Crippen molar-refractivity contribution in [2.24, 2.45) is 0 Å². The molecule has 0 bridgehead atoms. The highest BCUT2D eigenvalue weighted by molar-refractivity contribution is 5.80. The summed E-state index contributed by atoms with van der Waals surface area (Å²) in [6.07, 6.45) is 2.42. The number of rotatable bonds is 6. The van der Waals surface area contributed by atoms with Crippen LogP contribution in [0.3, 0.4) is 0 Å². The Labute approximate surface area is 158 Å². The Morgan fingerprint density at radius 1 is 1.48 bits per heavy atom. The second kappa shape index (κ2) is 8.06. The van der Waals surface area contributed by atoms with E-state index in [1.807, 2.05) is 25.1 Å². The lowest BCUT2D eigenvalue weighted by atomic mass is 10.0. The zero-order valence-corrected chi connectivity index (χ0v) is 16.0. The molecule has 1 fully saturated rings. The maximum atomic E-state index is 12.5. The maximum Gasteiger partial charge on any atom is 0.317 e. The number of benzene rings is 1. The topological polar surface area (TPSA) is 85.7 Å². The normalized spacial score (nSPS) is 20.6. The molecule has 1 aromatic heterocycles. The summed E-state index contributed by atoms with van der Waals surface area (Å²) in [5.74, 6) is 0. The van der Waals surface area contributed by atoms with E-state index in [9.17, 15) is 9.59 Å². The number of carbonyl (C=O) groups excluding carboxylic acids is 1. The first-order chi connectivity index (χ1) is 12.9. The molecule has 2 heterocycles. The molecule has 1 saturated heterocycles. The van der Waals surface area contributed by atoms with Gasteiger partial charge in [0.25, 0.3) is 5.56 Å². The third-order valence-electron chi connectivity index (χ3n) is 4.95. The number of nitrogens with zero attached hydrogens (tertiary/aromatic N) is 3. The molecule has 8 nitrogen and oxygen atoms in total. The summed E-state index contributed by atoms with van der Waals surface area (Å²) in [7, 11) is 3.36. The summed E-state index contributed by atoms with van der Waals surface area (Å²) in [4.78, 5) is 26.6. The van der Waals surface area contributed by atoms with Crippen molar-refractivity contribution in [3.05, 3.63) is 40.8 Å². The number of likely N-dealkylation sites (N-methyl/N-ethyl adjacent to an activating group) is 1. The number of aromatic nitrogens is 2. The van der Waals surface area contributed by atoms with Gasteiger partial charge in [-0.05, 0) is 13.0 Å². The Hall–Kier alpha value is -2.45. The summed E-state index contributed by atoms with van der Waals surface area (Å²) in [6, 6.07) is 6.85. The van der Waals surface area contributed by atoms with Gasteiger partial charge in [0, 0.05) is 38.6 Å². The van der Waals surface area contributed by atoms with Gasteiger partial charge in [-0.25, -0.2) is 9.48 Å². The summed E-state index contributed by atoms with van der Waals surface area (Å²) in [6.45, 7) is 3.70. The summed E-state index contributed by atoms with van der Waals surface area (Å²) >= 11 is 0. The fourth-order valence-electron chi connectivity index (χ4n) is 3.33. The molecule has 0 saturated carbocycles. The Kier molecular flexibility index (Phi) is 5.76. The van der Waals surface area contributed by atoms with Gasteiger partial charge in [0.1, 0.15) is 5.60 Å². The van der Waals surface area contributed by atoms with E-state index in [2.05, 4.69) is 10.4 Å². The number of methoxy groups -OCH3 is 1. The van der Waals surface area contributed by atoms with Crippen LogP contribution >= 0.6 is 0 Å². The zero-order valence-electron chi connectivity index (χ0n) is 16.0. The van der Waals surface area contributed by atoms with Crippen LogP contribution in [0.5, 0.6) is 0 Å². The van der Waals surface area contributed by atoms with E-state index < -0.39 is 5.60 Å². The number of fused-ring (bicyclic) bond motifs is 1. The third kappa shape index (κ3) is 4.28. The Morgan fingerprint density at radius 3 is 2.96 bits per heavy atom. The van der Waals surface area contributed by atoms with Crippen molar-refractivity contribution >= 4 is 16.8 Å². The van der Waals surface area contributed by atoms with Gasteiger partial charge in [0.15, 0.2) is 0 Å². The fraction of sp³-hybridized carbons (Fsp3) is 0.526. The van der Waals surface area contributed by atoms with Crippen LogP contribution in [-0.2, 0) is 16.0 Å². The Balaban J connectivity index is 1.62. The van der Waals surface area contributed by atoms with Gasteiger partial charge >= 0.3 is 6.03 Å². The van der Waals surface area contributed by atoms with Crippen LogP contribution in [0, 0.1) is 0 Å². The summed E-state index contributed by atoms with van der Waals surface area (Å²) in [5, 5.41) is 8.54. The number of hydrogen-bond donors (Lipinski definition) is 1. The van der Waals surface area contributed by atoms with E-state index in [4.69, 9.17) is 9.47 Å². The monoisotopic (exact) mass is 374 g/mol. The van der Waals surface area contributed by atoms with Crippen LogP contribution in [0.4, 0.5) is 4.79 Å². The van der Waals surface area contributed by atoms with Gasteiger partial charge in [-0.1, -0.05) is 18.2 Å². The smallest absolute Gasteiger partial charge is 0.317 e. The lowest BCUT2D eigenvalue weighted by molar-refractivity contribution is -0.0305. The standard InChI is InChI=1S/C19H26N4O4/c1-14(11-23-17(24)16-7-5-4-6-15(16)10-20-23)21-18(25)22(2)12-19(26-3)8-9-27-13-19/h4-7,10,14H,8-9,11-13H2,1-3H3,(H,21,25). The lowest BCUT2D eigenvalue weighted by Crippen LogP contribution is -2.51. The molecule has 27 heavy (non-hydrogen) atoms. The van der Waals surface area contributed by atoms with Crippen LogP contribution in [0.25, 0.3) is 10.8 Å². The van der Waals surface area contributed by atoms with Gasteiger partial charge < -0.3 is 19.7 Å². The van der Waals surface area contributed by atoms with E-state index in [1.54, 1.807) is 31.3 Å². The molecule has 1 aliphatic rings. The zero-order chi connectivity index (χ0) is 19.4. The number of nitrogens with one attached hydrogen (secondary N) is 1. The highest BCUT2D eigenvalue weighted by atomic mass is 16.5. The largest absolute Gasteiger partial charge is 0.378 e. The minimum absolute atomic E-state index is 0.163. The van der Waals surface area contributed by atoms with Gasteiger partial charge in [0.05, 0.1) is 31.3 Å². The average Bonchev–Trinajstić information content (AvgIpc) is 3.13. The predicted molar refractivity (Wildman–Crippen MR) is 102 cm³/mol. The lowest BCUT2D eigenvalue weighted by Gasteiger charge is -2.31. The van der Waals surface area contributed by atoms with Crippen molar-refractivity contribution < 1.29 is 14.3 Å². The first-order valence-electron chi connectivity index (χ1n) is 9.03. The highest BCUT2D eigenvalue weighted by Gasteiger charge is 2.37. The van der Waals surface area contributed by atoms with Crippen molar-refractivity contribution in [1.29, 1.82) is 0 Å². The van der Waals surface area contributed by atoms with Gasteiger partial charge in [-0.15, -0.1) is 0 Å². The fourth-order valence-corrected chi connectivity index (χ4v) is 3.33. The van der Waals surface area contributed by atoms with Crippen molar-refractivity contribution in [1.82, 2.24) is 20.0 Å². The molecule has 1 N–H and O–H groups in total. The SMILES string of the molecule is COC1(CN(C)C(=O)NC(C)Cn2ncc3ccccc3c2=O)CCOC1. The number of ether oxygens (including phenoxy) is 2. The van der Waals surface area contributed by atoms with Gasteiger partial charge in [-0.2, -0.15) is 5.10 Å². The molecule has 0 spiro atoms. The predicted octanol–water partition coefficient (Wildman–Crippen LogP) is 1.23. The number of amides is 2. The first-order valence-corrected chi connectivity index (χ1v) is 9.03. The van der Waals surface area contributed by atoms with Crippen molar-refractivity contribution in [3.8, 4) is 0 Å². The second-order valence-corrected chi connectivity index (χ2v) is 7.12. The van der Waals surface area contributed by atoms with Crippen LogP contribution in [0.2, 0.25) is 0 Å². The summed E-state index contributed by atoms with van der Waals surface area (Å²) in [5.41, 5.74) is -0.615. The molecule has 146 valence electrons.